The summed E-state index contributed by atoms with van der Waals surface area (Å²) >= 11 is 0. The van der Waals surface area contributed by atoms with Crippen molar-refractivity contribution in [2.75, 3.05) is 7.11 Å². The molecule has 0 saturated heterocycles. The van der Waals surface area contributed by atoms with Crippen LogP contribution in [0.3, 0.4) is 0 Å². The summed E-state index contributed by atoms with van der Waals surface area (Å²) in [6.45, 7) is 2.38. The van der Waals surface area contributed by atoms with Gasteiger partial charge < -0.3 is 15.2 Å². The number of aromatic carboxylic acids is 1. The van der Waals surface area contributed by atoms with Gasteiger partial charge in [-0.05, 0) is 30.5 Å². The SMILES string of the molecule is CCc1nn(C)c(OC)c1CNC(=O)CCc1ccc(C(=O)O)cc1. The van der Waals surface area contributed by atoms with Gasteiger partial charge in [-0.1, -0.05) is 19.1 Å². The van der Waals surface area contributed by atoms with Crippen LogP contribution in [0.5, 0.6) is 5.88 Å². The van der Waals surface area contributed by atoms with Crippen molar-refractivity contribution < 1.29 is 19.4 Å². The van der Waals surface area contributed by atoms with Crippen LogP contribution in [0.15, 0.2) is 24.3 Å². The lowest BCUT2D eigenvalue weighted by atomic mass is 10.1. The summed E-state index contributed by atoms with van der Waals surface area (Å²) in [6.07, 6.45) is 1.64. The molecule has 2 N–H and O–H groups in total. The Balaban J connectivity index is 1.90. The predicted octanol–water partition coefficient (Wildman–Crippen LogP) is 1.94. The Labute approximate surface area is 146 Å². The second-order valence-electron chi connectivity index (χ2n) is 5.69. The number of ether oxygens (including phenoxy) is 1. The maximum Gasteiger partial charge on any atom is 0.335 e. The number of nitrogens with one attached hydrogen (secondary N) is 1. The third kappa shape index (κ3) is 4.59. The average molecular weight is 345 g/mol. The Hall–Kier alpha value is -2.83. The summed E-state index contributed by atoms with van der Waals surface area (Å²) in [5.41, 5.74) is 2.97. The second kappa shape index (κ2) is 8.32. The molecule has 7 heteroatoms. The molecular formula is C18H23N3O4. The van der Waals surface area contributed by atoms with Crippen LogP contribution in [0.25, 0.3) is 0 Å². The number of benzene rings is 1. The van der Waals surface area contributed by atoms with E-state index in [0.717, 1.165) is 23.2 Å². The van der Waals surface area contributed by atoms with Crippen LogP contribution >= 0.6 is 0 Å². The van der Waals surface area contributed by atoms with Gasteiger partial charge in [0.05, 0.1) is 23.9 Å². The molecule has 1 aromatic heterocycles. The number of hydrogen-bond acceptors (Lipinski definition) is 4. The van der Waals surface area contributed by atoms with E-state index in [1.807, 2.05) is 14.0 Å². The van der Waals surface area contributed by atoms with Crippen LogP contribution in [0.2, 0.25) is 0 Å². The minimum atomic E-state index is -0.957. The number of nitrogens with zero attached hydrogens (tertiary/aromatic N) is 2. The number of carbonyl (C=O) groups excluding carboxylic acids is 1. The van der Waals surface area contributed by atoms with E-state index in [1.54, 1.807) is 36.1 Å². The number of hydrogen-bond donors (Lipinski definition) is 2. The normalized spacial score (nSPS) is 10.5. The van der Waals surface area contributed by atoms with E-state index in [-0.39, 0.29) is 11.5 Å². The van der Waals surface area contributed by atoms with Gasteiger partial charge in [0.15, 0.2) is 0 Å². The number of amides is 1. The fraction of sp³-hybridized carbons (Fsp3) is 0.389. The highest BCUT2D eigenvalue weighted by atomic mass is 16.5. The Morgan fingerprint density at radius 1 is 1.28 bits per heavy atom. The van der Waals surface area contributed by atoms with Gasteiger partial charge in [-0.2, -0.15) is 5.10 Å². The zero-order chi connectivity index (χ0) is 18.4. The fourth-order valence-corrected chi connectivity index (χ4v) is 2.67. The van der Waals surface area contributed by atoms with Crippen LogP contribution < -0.4 is 10.1 Å². The molecule has 134 valence electrons. The number of aromatic nitrogens is 2. The largest absolute Gasteiger partial charge is 0.481 e. The van der Waals surface area contributed by atoms with Gasteiger partial charge in [-0.15, -0.1) is 0 Å². The third-order valence-electron chi connectivity index (χ3n) is 4.00. The lowest BCUT2D eigenvalue weighted by molar-refractivity contribution is -0.121. The predicted molar refractivity (Wildman–Crippen MR) is 92.7 cm³/mol. The molecule has 0 fully saturated rings. The topological polar surface area (TPSA) is 93.5 Å². The van der Waals surface area contributed by atoms with Gasteiger partial charge in [0.2, 0.25) is 11.8 Å². The minimum Gasteiger partial charge on any atom is -0.481 e. The van der Waals surface area contributed by atoms with Gasteiger partial charge in [0.25, 0.3) is 0 Å². The van der Waals surface area contributed by atoms with E-state index < -0.39 is 5.97 Å². The van der Waals surface area contributed by atoms with E-state index in [0.29, 0.717) is 25.3 Å². The Morgan fingerprint density at radius 2 is 1.96 bits per heavy atom. The molecule has 0 radical (unpaired) electrons. The van der Waals surface area contributed by atoms with Gasteiger partial charge in [0.1, 0.15) is 0 Å². The molecule has 1 heterocycles. The molecule has 0 aliphatic carbocycles. The number of rotatable bonds is 8. The number of aryl methyl sites for hydroxylation is 3. The molecule has 2 rings (SSSR count). The lowest BCUT2D eigenvalue weighted by Crippen LogP contribution is -2.23. The van der Waals surface area contributed by atoms with Gasteiger partial charge >= 0.3 is 5.97 Å². The highest BCUT2D eigenvalue weighted by molar-refractivity contribution is 5.87. The quantitative estimate of drug-likeness (QED) is 0.762. The molecule has 0 bridgehead atoms. The third-order valence-corrected chi connectivity index (χ3v) is 4.00. The van der Waals surface area contributed by atoms with E-state index in [2.05, 4.69) is 10.4 Å². The summed E-state index contributed by atoms with van der Waals surface area (Å²) in [7, 11) is 3.40. The summed E-state index contributed by atoms with van der Waals surface area (Å²) in [5.74, 6) is -0.377. The maximum atomic E-state index is 12.1. The molecule has 7 nitrogen and oxygen atoms in total. The van der Waals surface area contributed by atoms with Crippen molar-refractivity contribution in [3.8, 4) is 5.88 Å². The standard InChI is InChI=1S/C18H23N3O4/c1-4-15-14(17(25-3)21(2)20-15)11-19-16(22)10-7-12-5-8-13(9-6-12)18(23)24/h5-6,8-9H,4,7,10-11H2,1-3H3,(H,19,22)(H,23,24). The van der Waals surface area contributed by atoms with Crippen LogP contribution in [0, 0.1) is 0 Å². The molecule has 0 spiro atoms. The van der Waals surface area contributed by atoms with Gasteiger partial charge in [0, 0.05) is 20.0 Å². The van der Waals surface area contributed by atoms with E-state index in [9.17, 15) is 9.59 Å². The highest BCUT2D eigenvalue weighted by Crippen LogP contribution is 2.21. The lowest BCUT2D eigenvalue weighted by Gasteiger charge is -2.08. The summed E-state index contributed by atoms with van der Waals surface area (Å²) in [6, 6.07) is 6.55. The molecule has 1 amide bonds. The monoisotopic (exact) mass is 345 g/mol. The highest BCUT2D eigenvalue weighted by Gasteiger charge is 2.16. The Kier molecular flexibility index (Phi) is 6.16. The number of carboxylic acid groups (broad SMARTS) is 1. The van der Waals surface area contributed by atoms with E-state index in [4.69, 9.17) is 9.84 Å². The van der Waals surface area contributed by atoms with Crippen molar-refractivity contribution in [1.29, 1.82) is 0 Å². The molecule has 1 aromatic carbocycles. The number of methoxy groups -OCH3 is 1. The zero-order valence-electron chi connectivity index (χ0n) is 14.7. The van der Waals surface area contributed by atoms with Crippen molar-refractivity contribution in [3.05, 3.63) is 46.6 Å². The molecule has 2 aromatic rings. The van der Waals surface area contributed by atoms with E-state index in [1.165, 1.54) is 0 Å². The number of carboxylic acids is 1. The maximum absolute atomic E-state index is 12.1. The van der Waals surface area contributed by atoms with Gasteiger partial charge in [-0.3, -0.25) is 4.79 Å². The minimum absolute atomic E-state index is 0.0738. The van der Waals surface area contributed by atoms with Crippen molar-refractivity contribution in [2.45, 2.75) is 32.7 Å². The first-order valence-electron chi connectivity index (χ1n) is 8.13. The van der Waals surface area contributed by atoms with E-state index >= 15 is 0 Å². The Morgan fingerprint density at radius 3 is 2.52 bits per heavy atom. The first kappa shape index (κ1) is 18.5. The fourth-order valence-electron chi connectivity index (χ4n) is 2.67. The molecule has 25 heavy (non-hydrogen) atoms. The van der Waals surface area contributed by atoms with Crippen molar-refractivity contribution in [2.24, 2.45) is 7.05 Å². The van der Waals surface area contributed by atoms with Crippen molar-refractivity contribution >= 4 is 11.9 Å². The first-order valence-corrected chi connectivity index (χ1v) is 8.13. The molecule has 0 atom stereocenters. The average Bonchev–Trinajstić information content (AvgIpc) is 2.93. The van der Waals surface area contributed by atoms with Crippen molar-refractivity contribution in [1.82, 2.24) is 15.1 Å². The Bertz CT molecular complexity index is 750. The zero-order valence-corrected chi connectivity index (χ0v) is 14.7. The summed E-state index contributed by atoms with van der Waals surface area (Å²) in [4.78, 5) is 22.9. The van der Waals surface area contributed by atoms with Crippen LogP contribution in [0.4, 0.5) is 0 Å². The van der Waals surface area contributed by atoms with Crippen LogP contribution in [-0.4, -0.2) is 33.9 Å². The molecule has 0 saturated carbocycles. The van der Waals surface area contributed by atoms with Gasteiger partial charge in [-0.25, -0.2) is 9.48 Å². The number of carbonyl (C=O) groups is 2. The smallest absolute Gasteiger partial charge is 0.335 e. The molecular weight excluding hydrogens is 322 g/mol. The van der Waals surface area contributed by atoms with Crippen molar-refractivity contribution in [3.63, 3.8) is 0 Å². The molecule has 0 unspecified atom stereocenters. The summed E-state index contributed by atoms with van der Waals surface area (Å²) < 4.78 is 7.02. The van der Waals surface area contributed by atoms with Crippen LogP contribution in [0.1, 0.15) is 40.5 Å². The van der Waals surface area contributed by atoms with Crippen LogP contribution in [-0.2, 0) is 31.2 Å². The first-order chi connectivity index (χ1) is 12.0. The molecule has 0 aliphatic heterocycles. The second-order valence-corrected chi connectivity index (χ2v) is 5.69. The molecule has 0 aliphatic rings. The summed E-state index contributed by atoms with van der Waals surface area (Å²) in [5, 5.41) is 16.2.